The molecule has 0 bridgehead atoms. The molecule has 0 amide bonds. The van der Waals surface area contributed by atoms with Gasteiger partial charge in [-0.1, -0.05) is 12.1 Å². The van der Waals surface area contributed by atoms with Crippen molar-refractivity contribution >= 4 is 15.7 Å². The first-order valence-electron chi connectivity index (χ1n) is 8.42. The minimum Gasteiger partial charge on any atom is -0.406 e. The van der Waals surface area contributed by atoms with Crippen LogP contribution in [0.5, 0.6) is 5.75 Å². The average Bonchev–Trinajstić information content (AvgIpc) is 2.61. The molecule has 1 aliphatic rings. The largest absolute Gasteiger partial charge is 0.573 e. The van der Waals surface area contributed by atoms with Gasteiger partial charge in [0.25, 0.3) is 10.0 Å². The van der Waals surface area contributed by atoms with E-state index in [-0.39, 0.29) is 4.90 Å². The number of rotatable bonds is 5. The van der Waals surface area contributed by atoms with Crippen LogP contribution in [0.2, 0.25) is 0 Å². The summed E-state index contributed by atoms with van der Waals surface area (Å²) in [6, 6.07) is 11.2. The number of benzene rings is 2. The second-order valence-corrected chi connectivity index (χ2v) is 7.98. The van der Waals surface area contributed by atoms with Gasteiger partial charge in [0.2, 0.25) is 0 Å². The van der Waals surface area contributed by atoms with E-state index in [9.17, 15) is 21.6 Å². The molecule has 9 heteroatoms. The summed E-state index contributed by atoms with van der Waals surface area (Å²) in [6.45, 7) is 1.83. The number of alkyl halides is 3. The van der Waals surface area contributed by atoms with Crippen LogP contribution in [-0.4, -0.2) is 27.9 Å². The molecule has 146 valence electrons. The highest BCUT2D eigenvalue weighted by Crippen LogP contribution is 2.27. The fourth-order valence-corrected chi connectivity index (χ4v) is 4.08. The second kappa shape index (κ2) is 7.77. The molecule has 0 aromatic heterocycles. The third kappa shape index (κ3) is 5.36. The van der Waals surface area contributed by atoms with E-state index in [0.29, 0.717) is 11.6 Å². The normalized spacial score (nSPS) is 18.1. The second-order valence-electron chi connectivity index (χ2n) is 6.29. The molecule has 27 heavy (non-hydrogen) atoms. The Kier molecular flexibility index (Phi) is 5.61. The molecule has 2 N–H and O–H groups in total. The Bertz CT molecular complexity index is 877. The summed E-state index contributed by atoms with van der Waals surface area (Å²) >= 11 is 0. The van der Waals surface area contributed by atoms with Gasteiger partial charge in [0.15, 0.2) is 0 Å². The van der Waals surface area contributed by atoms with Gasteiger partial charge in [-0.15, -0.1) is 13.2 Å². The van der Waals surface area contributed by atoms with Crippen LogP contribution in [0.4, 0.5) is 18.9 Å². The molecule has 0 saturated carbocycles. The van der Waals surface area contributed by atoms with Crippen molar-refractivity contribution in [3.8, 4) is 5.75 Å². The molecule has 1 heterocycles. The van der Waals surface area contributed by atoms with E-state index in [4.69, 9.17) is 0 Å². The summed E-state index contributed by atoms with van der Waals surface area (Å²) in [5.74, 6) is -0.157. The lowest BCUT2D eigenvalue weighted by molar-refractivity contribution is -0.274. The van der Waals surface area contributed by atoms with E-state index in [1.807, 2.05) is 6.07 Å². The number of halogens is 3. The fraction of sp³-hybridized carbons (Fsp3) is 0.333. The van der Waals surface area contributed by atoms with E-state index < -0.39 is 22.1 Å². The Morgan fingerprint density at radius 2 is 1.85 bits per heavy atom. The van der Waals surface area contributed by atoms with Crippen LogP contribution >= 0.6 is 0 Å². The Balaban J connectivity index is 1.74. The van der Waals surface area contributed by atoms with Gasteiger partial charge in [0.05, 0.1) is 4.90 Å². The Hall–Kier alpha value is -2.26. The van der Waals surface area contributed by atoms with Gasteiger partial charge >= 0.3 is 6.36 Å². The number of nitrogens with one attached hydrogen (secondary N) is 2. The lowest BCUT2D eigenvalue weighted by Crippen LogP contribution is -2.28. The maximum Gasteiger partial charge on any atom is 0.573 e. The van der Waals surface area contributed by atoms with Crippen LogP contribution < -0.4 is 14.8 Å². The number of ether oxygens (including phenoxy) is 1. The minimum absolute atomic E-state index is 0.151. The van der Waals surface area contributed by atoms with E-state index in [0.717, 1.165) is 55.8 Å². The van der Waals surface area contributed by atoms with Crippen molar-refractivity contribution in [3.63, 3.8) is 0 Å². The predicted molar refractivity (Wildman–Crippen MR) is 95.2 cm³/mol. The first kappa shape index (κ1) is 19.5. The number of hydrogen-bond acceptors (Lipinski definition) is 4. The van der Waals surface area contributed by atoms with Crippen molar-refractivity contribution in [2.75, 3.05) is 17.8 Å². The van der Waals surface area contributed by atoms with E-state index in [2.05, 4.69) is 14.8 Å². The first-order chi connectivity index (χ1) is 12.7. The first-order valence-corrected chi connectivity index (χ1v) is 9.90. The predicted octanol–water partition coefficient (Wildman–Crippen LogP) is 3.85. The molecular weight excluding hydrogens is 381 g/mol. The number of anilines is 1. The molecular formula is C18H19F3N2O3S. The topological polar surface area (TPSA) is 67.4 Å². The molecule has 2 aromatic carbocycles. The standard InChI is InChI=1S/C18H19F3N2O3S/c19-18(20,21)26-16-6-8-17(9-7-16)27(24,25)23-15-5-1-3-13(11-15)14-4-2-10-22-12-14/h1,3,5-9,11,14,22-23H,2,4,10,12H2. The van der Waals surface area contributed by atoms with Crippen molar-refractivity contribution in [1.82, 2.24) is 5.32 Å². The van der Waals surface area contributed by atoms with Crippen molar-refractivity contribution in [3.05, 3.63) is 54.1 Å². The number of sulfonamides is 1. The van der Waals surface area contributed by atoms with Crippen molar-refractivity contribution in [2.24, 2.45) is 0 Å². The molecule has 1 atom stereocenters. The van der Waals surface area contributed by atoms with Gasteiger partial charge < -0.3 is 10.1 Å². The fourth-order valence-electron chi connectivity index (χ4n) is 3.03. The molecule has 1 saturated heterocycles. The maximum absolute atomic E-state index is 12.5. The zero-order valence-electron chi connectivity index (χ0n) is 14.3. The van der Waals surface area contributed by atoms with Gasteiger partial charge in [-0.25, -0.2) is 8.42 Å². The van der Waals surface area contributed by atoms with Crippen molar-refractivity contribution in [1.29, 1.82) is 0 Å². The molecule has 1 unspecified atom stereocenters. The molecule has 5 nitrogen and oxygen atoms in total. The highest BCUT2D eigenvalue weighted by molar-refractivity contribution is 7.92. The lowest BCUT2D eigenvalue weighted by atomic mass is 9.91. The molecule has 0 radical (unpaired) electrons. The number of hydrogen-bond donors (Lipinski definition) is 2. The highest BCUT2D eigenvalue weighted by atomic mass is 32.2. The molecule has 0 aliphatic carbocycles. The number of piperidine rings is 1. The third-order valence-corrected chi connectivity index (χ3v) is 5.67. The Labute approximate surface area is 155 Å². The molecule has 0 spiro atoms. The summed E-state index contributed by atoms with van der Waals surface area (Å²) in [4.78, 5) is -0.151. The van der Waals surface area contributed by atoms with Gasteiger partial charge in [0, 0.05) is 12.2 Å². The molecule has 1 fully saturated rings. The van der Waals surface area contributed by atoms with E-state index >= 15 is 0 Å². The summed E-state index contributed by atoms with van der Waals surface area (Å²) in [6.07, 6.45) is -2.73. The zero-order chi connectivity index (χ0) is 19.5. The summed E-state index contributed by atoms with van der Waals surface area (Å²) in [5.41, 5.74) is 1.45. The summed E-state index contributed by atoms with van der Waals surface area (Å²) in [5, 5.41) is 3.32. The average molecular weight is 400 g/mol. The highest BCUT2D eigenvalue weighted by Gasteiger charge is 2.31. The van der Waals surface area contributed by atoms with Crippen LogP contribution in [0.15, 0.2) is 53.4 Å². The van der Waals surface area contributed by atoms with E-state index in [1.165, 1.54) is 0 Å². The quantitative estimate of drug-likeness (QED) is 0.800. The van der Waals surface area contributed by atoms with Gasteiger partial charge in [0.1, 0.15) is 5.75 Å². The van der Waals surface area contributed by atoms with Crippen LogP contribution in [0.3, 0.4) is 0 Å². The minimum atomic E-state index is -4.83. The van der Waals surface area contributed by atoms with E-state index in [1.54, 1.807) is 18.2 Å². The molecule has 3 rings (SSSR count). The molecule has 2 aromatic rings. The zero-order valence-corrected chi connectivity index (χ0v) is 15.1. The van der Waals surface area contributed by atoms with Gasteiger partial charge in [-0.2, -0.15) is 0 Å². The monoisotopic (exact) mass is 400 g/mol. The van der Waals surface area contributed by atoms with Crippen LogP contribution in [-0.2, 0) is 10.0 Å². The SMILES string of the molecule is O=S(=O)(Nc1cccc(C2CCCNC2)c1)c1ccc(OC(F)(F)F)cc1. The lowest BCUT2D eigenvalue weighted by Gasteiger charge is -2.23. The van der Waals surface area contributed by atoms with Crippen molar-refractivity contribution < 1.29 is 26.3 Å². The maximum atomic E-state index is 12.5. The smallest absolute Gasteiger partial charge is 0.406 e. The van der Waals surface area contributed by atoms with Gasteiger partial charge in [-0.3, -0.25) is 4.72 Å². The van der Waals surface area contributed by atoms with Crippen LogP contribution in [0.1, 0.15) is 24.3 Å². The summed E-state index contributed by atoms with van der Waals surface area (Å²) < 4.78 is 67.8. The Morgan fingerprint density at radius 3 is 2.48 bits per heavy atom. The summed E-state index contributed by atoms with van der Waals surface area (Å²) in [7, 11) is -3.92. The van der Waals surface area contributed by atoms with Crippen LogP contribution in [0, 0.1) is 0 Å². The molecule has 1 aliphatic heterocycles. The Morgan fingerprint density at radius 1 is 1.11 bits per heavy atom. The van der Waals surface area contributed by atoms with Crippen LogP contribution in [0.25, 0.3) is 0 Å². The van der Waals surface area contributed by atoms with Crippen molar-refractivity contribution in [2.45, 2.75) is 30.0 Å². The van der Waals surface area contributed by atoms with Gasteiger partial charge in [-0.05, 0) is 67.3 Å². The third-order valence-electron chi connectivity index (χ3n) is 4.27.